The molecule has 6 heteroatoms. The molecule has 0 aromatic rings. The van der Waals surface area contributed by atoms with Crippen molar-refractivity contribution in [2.75, 3.05) is 6.61 Å². The normalized spacial score (nSPS) is 14.5. The lowest BCUT2D eigenvalue weighted by molar-refractivity contribution is -0.132. The van der Waals surface area contributed by atoms with E-state index in [1.54, 1.807) is 0 Å². The average molecular weight is 614 g/mol. The number of aliphatic hydroxyl groups is 4. The molecule has 0 aromatic carbocycles. The molecule has 0 aliphatic heterocycles. The molecule has 2 unspecified atom stereocenters. The highest BCUT2D eigenvalue weighted by atomic mass is 16.3. The van der Waals surface area contributed by atoms with Crippen LogP contribution >= 0.6 is 0 Å². The summed E-state index contributed by atoms with van der Waals surface area (Å²) in [5, 5.41) is 43.4. The first-order valence-corrected chi connectivity index (χ1v) is 18.9. The topological polar surface area (TPSA) is 110 Å². The molecule has 0 heterocycles. The minimum absolute atomic E-state index is 0.375. The summed E-state index contributed by atoms with van der Waals surface area (Å²) in [5.74, 6) is -0.582. The first-order valence-electron chi connectivity index (χ1n) is 18.9. The van der Waals surface area contributed by atoms with Crippen LogP contribution in [0, 0.1) is 0 Å². The van der Waals surface area contributed by atoms with Gasteiger partial charge in [-0.1, -0.05) is 187 Å². The maximum atomic E-state index is 12.4. The standard InChI is InChI=1S/C37H75NO5/c1-3-5-7-9-11-13-15-17-18-19-21-23-25-27-29-31-35(41)37(43)38-33(32-39)36(42)34(40)30-28-26-24-22-20-16-14-12-10-8-6-4-2/h33-36,39-42H,3-32H2,1-2H3,(H,38,43)/t33-,34?,35?,36+/m1/s1. The lowest BCUT2D eigenvalue weighted by atomic mass is 9.99. The third-order valence-electron chi connectivity index (χ3n) is 9.07. The van der Waals surface area contributed by atoms with Crippen molar-refractivity contribution in [2.45, 2.75) is 224 Å². The highest BCUT2D eigenvalue weighted by Gasteiger charge is 2.28. The van der Waals surface area contributed by atoms with E-state index >= 15 is 0 Å². The highest BCUT2D eigenvalue weighted by Crippen LogP contribution is 2.16. The van der Waals surface area contributed by atoms with Crippen LogP contribution in [0.5, 0.6) is 0 Å². The molecule has 0 saturated carbocycles. The van der Waals surface area contributed by atoms with Gasteiger partial charge in [-0.3, -0.25) is 4.79 Å². The zero-order valence-corrected chi connectivity index (χ0v) is 28.7. The van der Waals surface area contributed by atoms with Gasteiger partial charge in [0.2, 0.25) is 5.91 Å². The number of aliphatic hydroxyl groups excluding tert-OH is 4. The molecule has 0 aliphatic carbocycles. The Morgan fingerprint density at radius 3 is 1.12 bits per heavy atom. The molecule has 0 radical (unpaired) electrons. The van der Waals surface area contributed by atoms with E-state index in [1.165, 1.54) is 135 Å². The Kier molecular flexibility index (Phi) is 32.2. The summed E-state index contributed by atoms with van der Waals surface area (Å²) in [4.78, 5) is 12.4. The van der Waals surface area contributed by atoms with Crippen molar-refractivity contribution in [3.05, 3.63) is 0 Å². The number of carbonyl (C=O) groups is 1. The van der Waals surface area contributed by atoms with Gasteiger partial charge in [0.25, 0.3) is 0 Å². The molecule has 1 amide bonds. The second-order valence-corrected chi connectivity index (χ2v) is 13.3. The fourth-order valence-electron chi connectivity index (χ4n) is 5.99. The van der Waals surface area contributed by atoms with Gasteiger partial charge in [0.1, 0.15) is 12.2 Å². The molecule has 0 rings (SSSR count). The number of unbranched alkanes of at least 4 members (excludes halogenated alkanes) is 25. The predicted octanol–water partition coefficient (Wildman–Crippen LogP) is 8.90. The van der Waals surface area contributed by atoms with Crippen LogP contribution in [0.4, 0.5) is 0 Å². The molecular formula is C37H75NO5. The molecule has 0 fully saturated rings. The maximum absolute atomic E-state index is 12.4. The van der Waals surface area contributed by atoms with Crippen LogP contribution < -0.4 is 5.32 Å². The van der Waals surface area contributed by atoms with Crippen LogP contribution in [0.2, 0.25) is 0 Å². The predicted molar refractivity (Wildman–Crippen MR) is 182 cm³/mol. The second-order valence-electron chi connectivity index (χ2n) is 13.3. The third kappa shape index (κ3) is 27.4. The monoisotopic (exact) mass is 614 g/mol. The second kappa shape index (κ2) is 32.7. The van der Waals surface area contributed by atoms with Gasteiger partial charge in [0, 0.05) is 0 Å². The first kappa shape index (κ1) is 42.3. The Morgan fingerprint density at radius 1 is 0.488 bits per heavy atom. The third-order valence-corrected chi connectivity index (χ3v) is 9.07. The Balaban J connectivity index is 3.78. The quantitative estimate of drug-likeness (QED) is 0.0466. The van der Waals surface area contributed by atoms with E-state index < -0.39 is 36.9 Å². The summed E-state index contributed by atoms with van der Waals surface area (Å²) in [7, 11) is 0. The van der Waals surface area contributed by atoms with Crippen molar-refractivity contribution in [3.8, 4) is 0 Å². The van der Waals surface area contributed by atoms with Crippen LogP contribution in [0.15, 0.2) is 0 Å². The lowest BCUT2D eigenvalue weighted by Crippen LogP contribution is -2.53. The fourth-order valence-corrected chi connectivity index (χ4v) is 5.99. The van der Waals surface area contributed by atoms with Crippen LogP contribution in [0.25, 0.3) is 0 Å². The Labute approximate surface area is 267 Å². The molecule has 4 atom stereocenters. The number of rotatable bonds is 34. The lowest BCUT2D eigenvalue weighted by Gasteiger charge is -2.27. The van der Waals surface area contributed by atoms with Gasteiger partial charge < -0.3 is 25.7 Å². The number of hydrogen-bond acceptors (Lipinski definition) is 5. The van der Waals surface area contributed by atoms with Gasteiger partial charge in [-0.05, 0) is 12.8 Å². The molecule has 5 N–H and O–H groups in total. The minimum Gasteiger partial charge on any atom is -0.394 e. The van der Waals surface area contributed by atoms with Gasteiger partial charge in [0.15, 0.2) is 0 Å². The zero-order chi connectivity index (χ0) is 31.8. The van der Waals surface area contributed by atoms with E-state index in [4.69, 9.17) is 0 Å². The van der Waals surface area contributed by atoms with Crippen molar-refractivity contribution >= 4 is 5.91 Å². The van der Waals surface area contributed by atoms with E-state index in [9.17, 15) is 25.2 Å². The maximum Gasteiger partial charge on any atom is 0.249 e. The molecule has 0 aromatic heterocycles. The number of carbonyl (C=O) groups excluding carboxylic acids is 1. The summed E-state index contributed by atoms with van der Waals surface area (Å²) >= 11 is 0. The Bertz CT molecular complexity index is 575. The summed E-state index contributed by atoms with van der Waals surface area (Å²) < 4.78 is 0. The molecule has 6 nitrogen and oxygen atoms in total. The average Bonchev–Trinajstić information content (AvgIpc) is 3.01. The fraction of sp³-hybridized carbons (Fsp3) is 0.973. The molecule has 43 heavy (non-hydrogen) atoms. The van der Waals surface area contributed by atoms with Crippen LogP contribution in [0.1, 0.15) is 200 Å². The summed E-state index contributed by atoms with van der Waals surface area (Å²) in [5.41, 5.74) is 0. The van der Waals surface area contributed by atoms with Gasteiger partial charge in [-0.15, -0.1) is 0 Å². The number of amides is 1. The molecular weight excluding hydrogens is 538 g/mol. The van der Waals surface area contributed by atoms with Gasteiger partial charge in [-0.2, -0.15) is 0 Å². The Hall–Kier alpha value is -0.690. The zero-order valence-electron chi connectivity index (χ0n) is 28.7. The van der Waals surface area contributed by atoms with Crippen molar-refractivity contribution in [1.82, 2.24) is 5.32 Å². The van der Waals surface area contributed by atoms with E-state index in [1.807, 2.05) is 0 Å². The number of nitrogens with one attached hydrogen (secondary N) is 1. The van der Waals surface area contributed by atoms with E-state index in [2.05, 4.69) is 19.2 Å². The van der Waals surface area contributed by atoms with Crippen LogP contribution in [0.3, 0.4) is 0 Å². The van der Waals surface area contributed by atoms with Crippen molar-refractivity contribution < 1.29 is 25.2 Å². The Morgan fingerprint density at radius 2 is 0.791 bits per heavy atom. The SMILES string of the molecule is CCCCCCCCCCCCCCCCCC(O)C(=O)N[C@H](CO)[C@H](O)C(O)CCCCCCCCCCCCCC. The van der Waals surface area contributed by atoms with Crippen molar-refractivity contribution in [1.29, 1.82) is 0 Å². The molecule has 0 aliphatic rings. The van der Waals surface area contributed by atoms with Crippen molar-refractivity contribution in [2.24, 2.45) is 0 Å². The molecule has 0 bridgehead atoms. The molecule has 0 saturated heterocycles. The largest absolute Gasteiger partial charge is 0.394 e. The van der Waals surface area contributed by atoms with Gasteiger partial charge in [0.05, 0.1) is 18.8 Å². The summed E-state index contributed by atoms with van der Waals surface area (Å²) in [6.07, 6.45) is 31.2. The summed E-state index contributed by atoms with van der Waals surface area (Å²) in [6, 6.07) is -0.976. The van der Waals surface area contributed by atoms with Crippen LogP contribution in [-0.2, 0) is 4.79 Å². The summed E-state index contributed by atoms with van der Waals surface area (Å²) in [6.45, 7) is 4.03. The van der Waals surface area contributed by atoms with Gasteiger partial charge >= 0.3 is 0 Å². The van der Waals surface area contributed by atoms with Crippen molar-refractivity contribution in [3.63, 3.8) is 0 Å². The smallest absolute Gasteiger partial charge is 0.249 e. The molecule has 258 valence electrons. The van der Waals surface area contributed by atoms with Crippen LogP contribution in [-0.4, -0.2) is 57.3 Å². The van der Waals surface area contributed by atoms with E-state index in [-0.39, 0.29) is 0 Å². The minimum atomic E-state index is -1.25. The first-order chi connectivity index (χ1) is 21.0. The van der Waals surface area contributed by atoms with E-state index in [0.717, 1.165) is 38.5 Å². The molecule has 0 spiro atoms. The highest BCUT2D eigenvalue weighted by molar-refractivity contribution is 5.80. The van der Waals surface area contributed by atoms with Gasteiger partial charge in [-0.25, -0.2) is 0 Å². The van der Waals surface area contributed by atoms with E-state index in [0.29, 0.717) is 12.8 Å². The number of hydrogen-bond donors (Lipinski definition) is 5.